The van der Waals surface area contributed by atoms with E-state index in [1.54, 1.807) is 6.20 Å². The molecule has 1 aliphatic heterocycles. The van der Waals surface area contributed by atoms with Crippen LogP contribution in [0, 0.1) is 5.92 Å². The third kappa shape index (κ3) is 3.19. The van der Waals surface area contributed by atoms with Crippen molar-refractivity contribution in [2.45, 2.75) is 39.2 Å². The highest BCUT2D eigenvalue weighted by Crippen LogP contribution is 2.24. The zero-order chi connectivity index (χ0) is 12.1. The van der Waals surface area contributed by atoms with Gasteiger partial charge in [0.25, 0.3) is 0 Å². The number of pyridine rings is 1. The molecule has 0 spiro atoms. The van der Waals surface area contributed by atoms with Crippen LogP contribution in [0.15, 0.2) is 18.3 Å². The lowest BCUT2D eigenvalue weighted by atomic mass is 9.92. The summed E-state index contributed by atoms with van der Waals surface area (Å²) in [7, 11) is 0. The molecule has 17 heavy (non-hydrogen) atoms. The first-order valence-electron chi connectivity index (χ1n) is 6.64. The number of anilines is 1. The van der Waals surface area contributed by atoms with E-state index in [2.05, 4.69) is 16.8 Å². The van der Waals surface area contributed by atoms with Crippen molar-refractivity contribution in [3.63, 3.8) is 0 Å². The SMILES string of the molecule is CCCC1CCN(c2ccc(CO)cn2)CC1. The van der Waals surface area contributed by atoms with Crippen LogP contribution in [0.1, 0.15) is 38.2 Å². The number of aliphatic hydroxyl groups excluding tert-OH is 1. The van der Waals surface area contributed by atoms with Crippen LogP contribution in [-0.2, 0) is 6.61 Å². The first-order chi connectivity index (χ1) is 8.33. The maximum absolute atomic E-state index is 8.98. The first kappa shape index (κ1) is 12.4. The minimum absolute atomic E-state index is 0.0753. The Labute approximate surface area is 103 Å². The van der Waals surface area contributed by atoms with Gasteiger partial charge in [0.15, 0.2) is 0 Å². The Balaban J connectivity index is 1.91. The smallest absolute Gasteiger partial charge is 0.128 e. The van der Waals surface area contributed by atoms with Gasteiger partial charge in [-0.3, -0.25) is 0 Å². The third-order valence-electron chi connectivity index (χ3n) is 3.63. The third-order valence-corrected chi connectivity index (χ3v) is 3.63. The summed E-state index contributed by atoms with van der Waals surface area (Å²) in [6.45, 7) is 4.58. The summed E-state index contributed by atoms with van der Waals surface area (Å²) in [6, 6.07) is 3.98. The number of nitrogens with zero attached hydrogens (tertiary/aromatic N) is 2. The second kappa shape index (κ2) is 6.01. The number of hydrogen-bond donors (Lipinski definition) is 1. The summed E-state index contributed by atoms with van der Waals surface area (Å²) < 4.78 is 0. The standard InChI is InChI=1S/C14H22N2O/c1-2-3-12-6-8-16(9-7-12)14-5-4-13(11-17)10-15-14/h4-5,10,12,17H,2-3,6-9,11H2,1H3. The predicted molar refractivity (Wildman–Crippen MR) is 70.0 cm³/mol. The average molecular weight is 234 g/mol. The van der Waals surface area contributed by atoms with E-state index in [1.807, 2.05) is 12.1 Å². The molecule has 0 unspecified atom stereocenters. The Morgan fingerprint density at radius 3 is 2.65 bits per heavy atom. The highest BCUT2D eigenvalue weighted by Gasteiger charge is 2.19. The van der Waals surface area contributed by atoms with E-state index < -0.39 is 0 Å². The topological polar surface area (TPSA) is 36.4 Å². The van der Waals surface area contributed by atoms with E-state index in [4.69, 9.17) is 5.11 Å². The van der Waals surface area contributed by atoms with Gasteiger partial charge >= 0.3 is 0 Å². The van der Waals surface area contributed by atoms with Crippen LogP contribution >= 0.6 is 0 Å². The van der Waals surface area contributed by atoms with Gasteiger partial charge < -0.3 is 10.0 Å². The van der Waals surface area contributed by atoms with Gasteiger partial charge in [-0.05, 0) is 30.4 Å². The van der Waals surface area contributed by atoms with Crippen molar-refractivity contribution in [1.82, 2.24) is 4.98 Å². The van der Waals surface area contributed by atoms with Crippen molar-refractivity contribution in [2.24, 2.45) is 5.92 Å². The summed E-state index contributed by atoms with van der Waals surface area (Å²) in [5.41, 5.74) is 0.884. The van der Waals surface area contributed by atoms with Crippen LogP contribution < -0.4 is 4.90 Å². The lowest BCUT2D eigenvalue weighted by Crippen LogP contribution is -2.34. The van der Waals surface area contributed by atoms with Crippen LogP contribution in [0.25, 0.3) is 0 Å². The summed E-state index contributed by atoms with van der Waals surface area (Å²) in [4.78, 5) is 6.76. The minimum atomic E-state index is 0.0753. The van der Waals surface area contributed by atoms with Gasteiger partial charge in [-0.25, -0.2) is 4.98 Å². The van der Waals surface area contributed by atoms with Gasteiger partial charge in [0.05, 0.1) is 6.61 Å². The average Bonchev–Trinajstić information content (AvgIpc) is 2.40. The van der Waals surface area contributed by atoms with Crippen molar-refractivity contribution >= 4 is 5.82 Å². The fourth-order valence-electron chi connectivity index (χ4n) is 2.56. The van der Waals surface area contributed by atoms with Gasteiger partial charge in [0, 0.05) is 19.3 Å². The Kier molecular flexibility index (Phi) is 4.37. The molecule has 3 heteroatoms. The summed E-state index contributed by atoms with van der Waals surface area (Å²) in [6.07, 6.45) is 7.01. The zero-order valence-corrected chi connectivity index (χ0v) is 10.6. The van der Waals surface area contributed by atoms with E-state index in [9.17, 15) is 0 Å². The molecule has 0 saturated carbocycles. The first-order valence-corrected chi connectivity index (χ1v) is 6.64. The molecule has 94 valence electrons. The van der Waals surface area contributed by atoms with Crippen LogP contribution in [0.2, 0.25) is 0 Å². The molecular formula is C14H22N2O. The molecule has 0 atom stereocenters. The maximum Gasteiger partial charge on any atom is 0.128 e. The van der Waals surface area contributed by atoms with E-state index in [0.29, 0.717) is 0 Å². The molecular weight excluding hydrogens is 212 g/mol. The summed E-state index contributed by atoms with van der Waals surface area (Å²) in [5.74, 6) is 1.96. The molecule has 1 aliphatic rings. The molecule has 0 bridgehead atoms. The summed E-state index contributed by atoms with van der Waals surface area (Å²) in [5, 5.41) is 8.98. The van der Waals surface area contributed by atoms with Gasteiger partial charge in [0.1, 0.15) is 5.82 Å². The molecule has 3 nitrogen and oxygen atoms in total. The highest BCUT2D eigenvalue weighted by molar-refractivity contribution is 5.39. The Bertz CT molecular complexity index is 329. The highest BCUT2D eigenvalue weighted by atomic mass is 16.3. The largest absolute Gasteiger partial charge is 0.392 e. The summed E-state index contributed by atoms with van der Waals surface area (Å²) >= 11 is 0. The fourth-order valence-corrected chi connectivity index (χ4v) is 2.56. The second-order valence-electron chi connectivity index (χ2n) is 4.90. The Hall–Kier alpha value is -1.09. The normalized spacial score (nSPS) is 17.4. The van der Waals surface area contributed by atoms with E-state index in [-0.39, 0.29) is 6.61 Å². The number of rotatable bonds is 4. The van der Waals surface area contributed by atoms with E-state index in [1.165, 1.54) is 25.7 Å². The van der Waals surface area contributed by atoms with Crippen molar-refractivity contribution in [2.75, 3.05) is 18.0 Å². The zero-order valence-electron chi connectivity index (χ0n) is 10.6. The molecule has 1 aromatic rings. The molecule has 0 aliphatic carbocycles. The van der Waals surface area contributed by atoms with Crippen LogP contribution in [0.4, 0.5) is 5.82 Å². The molecule has 1 saturated heterocycles. The van der Waals surface area contributed by atoms with Gasteiger partial charge in [-0.1, -0.05) is 25.8 Å². The van der Waals surface area contributed by atoms with Crippen LogP contribution in [0.3, 0.4) is 0 Å². The van der Waals surface area contributed by atoms with Crippen LogP contribution in [-0.4, -0.2) is 23.2 Å². The molecule has 2 rings (SSSR count). The molecule has 1 N–H and O–H groups in total. The molecule has 2 heterocycles. The van der Waals surface area contributed by atoms with Gasteiger partial charge in [-0.2, -0.15) is 0 Å². The van der Waals surface area contributed by atoms with Crippen molar-refractivity contribution < 1.29 is 5.11 Å². The Morgan fingerprint density at radius 2 is 2.12 bits per heavy atom. The van der Waals surface area contributed by atoms with Gasteiger partial charge in [0.2, 0.25) is 0 Å². The van der Waals surface area contributed by atoms with Crippen LogP contribution in [0.5, 0.6) is 0 Å². The van der Waals surface area contributed by atoms with Crippen molar-refractivity contribution in [3.8, 4) is 0 Å². The molecule has 0 aromatic carbocycles. The number of aliphatic hydroxyl groups is 1. The second-order valence-corrected chi connectivity index (χ2v) is 4.90. The fraction of sp³-hybridized carbons (Fsp3) is 0.643. The monoisotopic (exact) mass is 234 g/mol. The Morgan fingerprint density at radius 1 is 1.35 bits per heavy atom. The van der Waals surface area contributed by atoms with Crippen molar-refractivity contribution in [1.29, 1.82) is 0 Å². The minimum Gasteiger partial charge on any atom is -0.392 e. The predicted octanol–water partition coefficient (Wildman–Crippen LogP) is 2.59. The number of piperidine rings is 1. The number of aromatic nitrogens is 1. The quantitative estimate of drug-likeness (QED) is 0.870. The van der Waals surface area contributed by atoms with E-state index >= 15 is 0 Å². The molecule has 0 amide bonds. The lowest BCUT2D eigenvalue weighted by molar-refractivity contribution is 0.281. The van der Waals surface area contributed by atoms with Gasteiger partial charge in [-0.15, -0.1) is 0 Å². The maximum atomic E-state index is 8.98. The number of hydrogen-bond acceptors (Lipinski definition) is 3. The van der Waals surface area contributed by atoms with Crippen molar-refractivity contribution in [3.05, 3.63) is 23.9 Å². The molecule has 1 aromatic heterocycles. The molecule has 1 fully saturated rings. The van der Waals surface area contributed by atoms with E-state index in [0.717, 1.165) is 30.4 Å². The lowest BCUT2D eigenvalue weighted by Gasteiger charge is -2.32. The molecule has 0 radical (unpaired) electrons.